The zero-order chi connectivity index (χ0) is 18.8. The highest BCUT2D eigenvalue weighted by Crippen LogP contribution is 2.29. The highest BCUT2D eigenvalue weighted by molar-refractivity contribution is 5.91. The lowest BCUT2D eigenvalue weighted by Crippen LogP contribution is -2.20. The Morgan fingerprint density at radius 3 is 2.46 bits per heavy atom. The number of para-hydroxylation sites is 1. The van der Waals surface area contributed by atoms with Crippen molar-refractivity contribution in [2.24, 2.45) is 0 Å². The van der Waals surface area contributed by atoms with E-state index in [1.807, 2.05) is 56.3 Å². The van der Waals surface area contributed by atoms with Crippen molar-refractivity contribution < 1.29 is 19.0 Å². The Balaban J connectivity index is 1.99. The van der Waals surface area contributed by atoms with Crippen molar-refractivity contribution in [2.45, 2.75) is 20.4 Å². The molecule has 0 aliphatic heterocycles. The molecule has 0 aliphatic rings. The van der Waals surface area contributed by atoms with Crippen LogP contribution in [0.3, 0.4) is 0 Å². The van der Waals surface area contributed by atoms with Crippen molar-refractivity contribution in [2.75, 3.05) is 20.3 Å². The van der Waals surface area contributed by atoms with E-state index >= 15 is 0 Å². The van der Waals surface area contributed by atoms with Gasteiger partial charge in [-0.25, -0.2) is 0 Å². The van der Waals surface area contributed by atoms with Crippen molar-refractivity contribution >= 4 is 12.0 Å². The Kier molecular flexibility index (Phi) is 7.55. The number of hydrogen-bond donors (Lipinski definition) is 1. The second-order valence-corrected chi connectivity index (χ2v) is 5.44. The third-order valence-electron chi connectivity index (χ3n) is 3.64. The van der Waals surface area contributed by atoms with Crippen LogP contribution >= 0.6 is 0 Å². The lowest BCUT2D eigenvalue weighted by molar-refractivity contribution is -0.116. The Bertz CT molecular complexity index is 755. The third-order valence-corrected chi connectivity index (χ3v) is 3.64. The van der Waals surface area contributed by atoms with Gasteiger partial charge in [0.25, 0.3) is 0 Å². The fraction of sp³-hybridized carbons (Fsp3) is 0.286. The summed E-state index contributed by atoms with van der Waals surface area (Å²) in [5, 5.41) is 2.85. The van der Waals surface area contributed by atoms with Crippen LogP contribution in [0, 0.1) is 0 Å². The smallest absolute Gasteiger partial charge is 0.244 e. The van der Waals surface area contributed by atoms with E-state index in [-0.39, 0.29) is 5.91 Å². The van der Waals surface area contributed by atoms with E-state index in [9.17, 15) is 4.79 Å². The minimum absolute atomic E-state index is 0.178. The first-order chi connectivity index (χ1) is 12.7. The van der Waals surface area contributed by atoms with Gasteiger partial charge >= 0.3 is 0 Å². The number of carbonyl (C=O) groups is 1. The molecule has 0 aromatic heterocycles. The van der Waals surface area contributed by atoms with Gasteiger partial charge in [-0.3, -0.25) is 4.79 Å². The highest BCUT2D eigenvalue weighted by atomic mass is 16.5. The van der Waals surface area contributed by atoms with Gasteiger partial charge in [-0.2, -0.15) is 0 Å². The van der Waals surface area contributed by atoms with Gasteiger partial charge < -0.3 is 19.5 Å². The predicted molar refractivity (Wildman–Crippen MR) is 103 cm³/mol. The van der Waals surface area contributed by atoms with Crippen LogP contribution in [0.25, 0.3) is 6.08 Å². The van der Waals surface area contributed by atoms with E-state index in [0.717, 1.165) is 16.9 Å². The zero-order valence-corrected chi connectivity index (χ0v) is 15.5. The van der Waals surface area contributed by atoms with Crippen molar-refractivity contribution in [3.63, 3.8) is 0 Å². The topological polar surface area (TPSA) is 56.8 Å². The quantitative estimate of drug-likeness (QED) is 0.695. The first kappa shape index (κ1) is 19.4. The first-order valence-corrected chi connectivity index (χ1v) is 8.65. The van der Waals surface area contributed by atoms with Crippen LogP contribution in [0.1, 0.15) is 25.0 Å². The molecule has 26 heavy (non-hydrogen) atoms. The summed E-state index contributed by atoms with van der Waals surface area (Å²) < 4.78 is 16.4. The van der Waals surface area contributed by atoms with Crippen LogP contribution in [-0.2, 0) is 11.3 Å². The number of ether oxygens (including phenoxy) is 3. The minimum Gasteiger partial charge on any atom is -0.496 e. The van der Waals surface area contributed by atoms with Gasteiger partial charge in [-0.1, -0.05) is 24.3 Å². The van der Waals surface area contributed by atoms with Crippen LogP contribution in [0.4, 0.5) is 0 Å². The summed E-state index contributed by atoms with van der Waals surface area (Å²) >= 11 is 0. The number of carbonyl (C=O) groups excluding carboxylic acids is 1. The number of hydrogen-bond acceptors (Lipinski definition) is 4. The maximum atomic E-state index is 12.1. The highest BCUT2D eigenvalue weighted by Gasteiger charge is 2.06. The number of benzene rings is 2. The fourth-order valence-electron chi connectivity index (χ4n) is 2.43. The van der Waals surface area contributed by atoms with Gasteiger partial charge in [0, 0.05) is 18.2 Å². The summed E-state index contributed by atoms with van der Waals surface area (Å²) in [7, 11) is 1.61. The zero-order valence-electron chi connectivity index (χ0n) is 15.5. The molecule has 0 heterocycles. The molecule has 0 radical (unpaired) electrons. The van der Waals surface area contributed by atoms with E-state index in [0.29, 0.717) is 31.3 Å². The van der Waals surface area contributed by atoms with Gasteiger partial charge in [-0.15, -0.1) is 0 Å². The molecule has 0 fully saturated rings. The lowest BCUT2D eigenvalue weighted by atomic mass is 10.1. The largest absolute Gasteiger partial charge is 0.496 e. The number of amides is 1. The van der Waals surface area contributed by atoms with E-state index in [1.54, 1.807) is 13.2 Å². The molecular weight excluding hydrogens is 330 g/mol. The summed E-state index contributed by atoms with van der Waals surface area (Å²) in [5.74, 6) is 1.95. The monoisotopic (exact) mass is 355 g/mol. The maximum Gasteiger partial charge on any atom is 0.244 e. The standard InChI is InChI=1S/C21H25NO4/c1-4-25-19-12-10-16(14-20(19)26-5-2)11-13-21(23)22-15-17-8-6-7-9-18(17)24-3/h6-14H,4-5,15H2,1-3H3,(H,22,23)/b13-11+. The first-order valence-electron chi connectivity index (χ1n) is 8.65. The van der Waals surface area contributed by atoms with Crippen LogP contribution in [0.2, 0.25) is 0 Å². The maximum absolute atomic E-state index is 12.1. The van der Waals surface area contributed by atoms with Crippen molar-refractivity contribution in [3.8, 4) is 17.2 Å². The van der Waals surface area contributed by atoms with Crippen LogP contribution in [0.15, 0.2) is 48.5 Å². The summed E-state index contributed by atoms with van der Waals surface area (Å²) in [5.41, 5.74) is 1.79. The van der Waals surface area contributed by atoms with Gasteiger partial charge in [0.1, 0.15) is 5.75 Å². The van der Waals surface area contributed by atoms with Crippen molar-refractivity contribution in [1.82, 2.24) is 5.32 Å². The van der Waals surface area contributed by atoms with E-state index in [4.69, 9.17) is 14.2 Å². The second kappa shape index (κ2) is 10.1. The lowest BCUT2D eigenvalue weighted by Gasteiger charge is -2.11. The molecule has 138 valence electrons. The molecule has 1 amide bonds. The Morgan fingerprint density at radius 2 is 1.73 bits per heavy atom. The SMILES string of the molecule is CCOc1ccc(/C=C/C(=O)NCc2ccccc2OC)cc1OCC. The van der Waals surface area contributed by atoms with Gasteiger partial charge in [0.05, 0.1) is 20.3 Å². The molecule has 2 rings (SSSR count). The second-order valence-electron chi connectivity index (χ2n) is 5.44. The molecule has 2 aromatic rings. The number of nitrogens with one attached hydrogen (secondary N) is 1. The third kappa shape index (κ3) is 5.55. The molecule has 5 nitrogen and oxygen atoms in total. The van der Waals surface area contributed by atoms with Gasteiger partial charge in [0.15, 0.2) is 11.5 Å². The molecule has 0 unspecified atom stereocenters. The van der Waals surface area contributed by atoms with E-state index in [2.05, 4.69) is 5.32 Å². The van der Waals surface area contributed by atoms with Gasteiger partial charge in [0.2, 0.25) is 5.91 Å². The number of methoxy groups -OCH3 is 1. The predicted octanol–water partition coefficient (Wildman–Crippen LogP) is 3.82. The molecule has 1 N–H and O–H groups in total. The van der Waals surface area contributed by atoms with Crippen LogP contribution in [0.5, 0.6) is 17.2 Å². The van der Waals surface area contributed by atoms with Crippen LogP contribution in [-0.4, -0.2) is 26.2 Å². The summed E-state index contributed by atoms with van der Waals surface area (Å²) in [6, 6.07) is 13.2. The molecule has 0 aliphatic carbocycles. The summed E-state index contributed by atoms with van der Waals surface area (Å²) in [6.07, 6.45) is 3.25. The van der Waals surface area contributed by atoms with E-state index < -0.39 is 0 Å². The molecule has 0 spiro atoms. The molecule has 2 aromatic carbocycles. The fourth-order valence-corrected chi connectivity index (χ4v) is 2.43. The average molecular weight is 355 g/mol. The molecule has 0 bridgehead atoms. The molecule has 0 saturated heterocycles. The number of rotatable bonds is 9. The minimum atomic E-state index is -0.178. The van der Waals surface area contributed by atoms with Crippen LogP contribution < -0.4 is 19.5 Å². The molecule has 0 atom stereocenters. The molecular formula is C21H25NO4. The van der Waals surface area contributed by atoms with Crippen molar-refractivity contribution in [1.29, 1.82) is 0 Å². The van der Waals surface area contributed by atoms with E-state index in [1.165, 1.54) is 6.08 Å². The Morgan fingerprint density at radius 1 is 1.00 bits per heavy atom. The Hall–Kier alpha value is -2.95. The Labute approximate surface area is 154 Å². The summed E-state index contributed by atoms with van der Waals surface area (Å²) in [4.78, 5) is 12.1. The average Bonchev–Trinajstić information content (AvgIpc) is 2.67. The van der Waals surface area contributed by atoms with Crippen molar-refractivity contribution in [3.05, 3.63) is 59.7 Å². The summed E-state index contributed by atoms with van der Waals surface area (Å²) in [6.45, 7) is 5.37. The van der Waals surface area contributed by atoms with Gasteiger partial charge in [-0.05, 0) is 43.7 Å². The molecule has 0 saturated carbocycles. The molecule has 5 heteroatoms. The normalized spacial score (nSPS) is 10.6.